The minimum Gasteiger partial charge on any atom is -0.496 e. The lowest BCUT2D eigenvalue weighted by atomic mass is 9.87. The first-order chi connectivity index (χ1) is 16.5. The molecule has 0 saturated heterocycles. The van der Waals surface area contributed by atoms with Crippen molar-refractivity contribution in [2.75, 3.05) is 7.11 Å². The molecule has 1 aromatic carbocycles. The first kappa shape index (κ1) is 23.1. The standard InChI is InChI=1S/C27H32N6O2/c1-13-23(15(3)35-32-13)19-11-20-18(12-22(19)34-9)24-21(28-16(4)29-26(24)30-20)10-17-14(2)33(8)31-25(17)27(5,6)7/h11-12H,10H2,1-9H3,(H,28,29,30). The number of H-pyrrole nitrogens is 1. The minimum absolute atomic E-state index is 0.0742. The minimum atomic E-state index is -0.0742. The van der Waals surface area contributed by atoms with Crippen LogP contribution in [0, 0.1) is 27.7 Å². The Morgan fingerprint density at radius 2 is 1.83 bits per heavy atom. The molecule has 4 aromatic heterocycles. The van der Waals surface area contributed by atoms with Crippen LogP contribution in [0.3, 0.4) is 0 Å². The number of hydrogen-bond acceptors (Lipinski definition) is 6. The Bertz CT molecular complexity index is 1580. The lowest BCUT2D eigenvalue weighted by molar-refractivity contribution is 0.393. The highest BCUT2D eigenvalue weighted by molar-refractivity contribution is 6.09. The second-order valence-electron chi connectivity index (χ2n) is 10.3. The topological polar surface area (TPSA) is 94.7 Å². The van der Waals surface area contributed by atoms with Gasteiger partial charge in [-0.2, -0.15) is 5.10 Å². The van der Waals surface area contributed by atoms with E-state index in [-0.39, 0.29) is 5.41 Å². The summed E-state index contributed by atoms with van der Waals surface area (Å²) in [5.74, 6) is 2.25. The number of hydrogen-bond donors (Lipinski definition) is 1. The van der Waals surface area contributed by atoms with Crippen LogP contribution in [0.2, 0.25) is 0 Å². The van der Waals surface area contributed by atoms with Gasteiger partial charge in [-0.05, 0) is 39.8 Å². The summed E-state index contributed by atoms with van der Waals surface area (Å²) in [4.78, 5) is 13.2. The molecule has 0 amide bonds. The maximum atomic E-state index is 5.84. The fourth-order valence-corrected chi connectivity index (χ4v) is 5.02. The molecule has 35 heavy (non-hydrogen) atoms. The Labute approximate surface area is 204 Å². The number of aryl methyl sites for hydroxylation is 4. The summed E-state index contributed by atoms with van der Waals surface area (Å²) >= 11 is 0. The molecule has 0 fully saturated rings. The van der Waals surface area contributed by atoms with Gasteiger partial charge >= 0.3 is 0 Å². The molecule has 1 N–H and O–H groups in total. The van der Waals surface area contributed by atoms with Gasteiger partial charge in [0.1, 0.15) is 23.0 Å². The van der Waals surface area contributed by atoms with Gasteiger partial charge in [0.15, 0.2) is 0 Å². The zero-order valence-corrected chi connectivity index (χ0v) is 21.9. The van der Waals surface area contributed by atoms with Crippen molar-refractivity contribution in [2.24, 2.45) is 7.05 Å². The molecule has 0 aliphatic carbocycles. The molecule has 0 aliphatic heterocycles. The molecule has 5 rings (SSSR count). The van der Waals surface area contributed by atoms with Gasteiger partial charge in [0, 0.05) is 52.0 Å². The lowest BCUT2D eigenvalue weighted by Gasteiger charge is -2.18. The highest BCUT2D eigenvalue weighted by Crippen LogP contribution is 2.40. The molecule has 4 heterocycles. The van der Waals surface area contributed by atoms with Gasteiger partial charge in [-0.25, -0.2) is 9.97 Å². The van der Waals surface area contributed by atoms with Gasteiger partial charge < -0.3 is 14.2 Å². The van der Waals surface area contributed by atoms with E-state index in [1.54, 1.807) is 7.11 Å². The van der Waals surface area contributed by atoms with E-state index in [1.165, 1.54) is 5.56 Å². The number of aromatic nitrogens is 6. The van der Waals surface area contributed by atoms with Crippen molar-refractivity contribution >= 4 is 21.9 Å². The van der Waals surface area contributed by atoms with Crippen molar-refractivity contribution in [1.29, 1.82) is 0 Å². The van der Waals surface area contributed by atoms with Crippen molar-refractivity contribution < 1.29 is 9.26 Å². The summed E-state index contributed by atoms with van der Waals surface area (Å²) in [6.45, 7) is 14.5. The first-order valence-corrected chi connectivity index (χ1v) is 11.8. The van der Waals surface area contributed by atoms with E-state index in [1.807, 2.05) is 32.5 Å². The summed E-state index contributed by atoms with van der Waals surface area (Å²) in [7, 11) is 3.69. The number of nitrogens with one attached hydrogen (secondary N) is 1. The van der Waals surface area contributed by atoms with E-state index in [0.717, 1.165) is 73.2 Å². The Hall–Kier alpha value is -3.68. The largest absolute Gasteiger partial charge is 0.496 e. The van der Waals surface area contributed by atoms with E-state index < -0.39 is 0 Å². The van der Waals surface area contributed by atoms with Crippen LogP contribution in [0.15, 0.2) is 16.7 Å². The zero-order valence-electron chi connectivity index (χ0n) is 21.9. The normalized spacial score (nSPS) is 12.3. The summed E-state index contributed by atoms with van der Waals surface area (Å²) < 4.78 is 13.2. The molecule has 0 saturated carbocycles. The van der Waals surface area contributed by atoms with Crippen molar-refractivity contribution in [3.8, 4) is 16.9 Å². The van der Waals surface area contributed by atoms with E-state index >= 15 is 0 Å². The third-order valence-electron chi connectivity index (χ3n) is 6.77. The molecule has 0 unspecified atom stereocenters. The van der Waals surface area contributed by atoms with E-state index in [9.17, 15) is 0 Å². The van der Waals surface area contributed by atoms with Crippen LogP contribution < -0.4 is 4.74 Å². The molecule has 0 bridgehead atoms. The summed E-state index contributed by atoms with van der Waals surface area (Å²) in [5.41, 5.74) is 8.87. The van der Waals surface area contributed by atoms with Crippen LogP contribution in [-0.2, 0) is 18.9 Å². The van der Waals surface area contributed by atoms with Crippen LogP contribution >= 0.6 is 0 Å². The van der Waals surface area contributed by atoms with Crippen molar-refractivity contribution in [1.82, 2.24) is 29.9 Å². The number of nitrogens with zero attached hydrogens (tertiary/aromatic N) is 5. The van der Waals surface area contributed by atoms with Crippen LogP contribution in [0.25, 0.3) is 33.1 Å². The summed E-state index contributed by atoms with van der Waals surface area (Å²) in [6.07, 6.45) is 0.674. The van der Waals surface area contributed by atoms with E-state index in [0.29, 0.717) is 6.42 Å². The van der Waals surface area contributed by atoms with Gasteiger partial charge in [-0.15, -0.1) is 0 Å². The number of fused-ring (bicyclic) bond motifs is 3. The van der Waals surface area contributed by atoms with Crippen LogP contribution in [0.1, 0.15) is 60.7 Å². The maximum absolute atomic E-state index is 5.84. The van der Waals surface area contributed by atoms with Crippen LogP contribution in [-0.4, -0.2) is 37.0 Å². The van der Waals surface area contributed by atoms with Gasteiger partial charge in [0.05, 0.1) is 29.8 Å². The van der Waals surface area contributed by atoms with Gasteiger partial charge in [0.2, 0.25) is 0 Å². The number of ether oxygens (including phenoxy) is 1. The van der Waals surface area contributed by atoms with Gasteiger partial charge in [-0.3, -0.25) is 4.68 Å². The Kier molecular flexibility index (Phi) is 5.23. The number of methoxy groups -OCH3 is 1. The molecule has 182 valence electrons. The fraction of sp³-hybridized carbons (Fsp3) is 0.407. The monoisotopic (exact) mass is 472 g/mol. The Balaban J connectivity index is 1.76. The molecule has 0 aliphatic rings. The molecule has 8 heteroatoms. The first-order valence-electron chi connectivity index (χ1n) is 11.8. The van der Waals surface area contributed by atoms with Gasteiger partial charge in [0.25, 0.3) is 0 Å². The quantitative estimate of drug-likeness (QED) is 0.364. The van der Waals surface area contributed by atoms with E-state index in [2.05, 4.69) is 50.0 Å². The molecule has 0 spiro atoms. The number of rotatable bonds is 4. The second-order valence-corrected chi connectivity index (χ2v) is 10.3. The highest BCUT2D eigenvalue weighted by atomic mass is 16.5. The molecular weight excluding hydrogens is 440 g/mol. The fourth-order valence-electron chi connectivity index (χ4n) is 5.02. The van der Waals surface area contributed by atoms with Crippen LogP contribution in [0.5, 0.6) is 5.75 Å². The van der Waals surface area contributed by atoms with E-state index in [4.69, 9.17) is 24.3 Å². The predicted octanol–water partition coefficient (Wildman–Crippen LogP) is 5.63. The summed E-state index contributed by atoms with van der Waals surface area (Å²) in [5, 5.41) is 11.0. The third-order valence-corrected chi connectivity index (χ3v) is 6.77. The molecule has 5 aromatic rings. The molecule has 0 radical (unpaired) electrons. The highest BCUT2D eigenvalue weighted by Gasteiger charge is 2.26. The number of benzene rings is 1. The Morgan fingerprint density at radius 1 is 1.09 bits per heavy atom. The number of aromatic amines is 1. The van der Waals surface area contributed by atoms with Crippen molar-refractivity contribution in [3.05, 3.63) is 52.1 Å². The molecule has 0 atom stereocenters. The molecular formula is C27H32N6O2. The average Bonchev–Trinajstić information content (AvgIpc) is 3.40. The second kappa shape index (κ2) is 7.93. The van der Waals surface area contributed by atoms with Crippen molar-refractivity contribution in [3.63, 3.8) is 0 Å². The average molecular weight is 473 g/mol. The van der Waals surface area contributed by atoms with Gasteiger partial charge in [-0.1, -0.05) is 25.9 Å². The molecule has 8 nitrogen and oxygen atoms in total. The van der Waals surface area contributed by atoms with Crippen LogP contribution in [0.4, 0.5) is 0 Å². The Morgan fingerprint density at radius 3 is 2.46 bits per heavy atom. The lowest BCUT2D eigenvalue weighted by Crippen LogP contribution is -2.15. The van der Waals surface area contributed by atoms with Crippen molar-refractivity contribution in [2.45, 2.75) is 60.3 Å². The smallest absolute Gasteiger partial charge is 0.142 e. The summed E-state index contributed by atoms with van der Waals surface area (Å²) in [6, 6.07) is 4.16. The zero-order chi connectivity index (χ0) is 25.2. The maximum Gasteiger partial charge on any atom is 0.142 e. The SMILES string of the molecule is COc1cc2c(cc1-c1c(C)noc1C)[nH]c1nc(C)nc(Cc3c(C(C)(C)C)nn(C)c3C)c12. The third kappa shape index (κ3) is 3.68. The predicted molar refractivity (Wildman–Crippen MR) is 137 cm³/mol.